The summed E-state index contributed by atoms with van der Waals surface area (Å²) in [4.78, 5) is 13.5. The minimum absolute atomic E-state index is 0.0116. The van der Waals surface area contributed by atoms with Crippen molar-refractivity contribution < 1.29 is 66.4 Å². The van der Waals surface area contributed by atoms with Crippen molar-refractivity contribution in [2.24, 2.45) is 0 Å². The SMILES string of the molecule is COc1ccc(-c2oc3cc(OS(=O)(=O)O)cc(O)c3c(=O)c2OC2OC(CO)C(O)C(O)C2O)cc1O. The number of rotatable bonds is 7. The maximum Gasteiger partial charge on any atom is 0.446 e. The number of hydrogen-bond acceptors (Lipinski definition) is 14. The topological polar surface area (TPSA) is 243 Å². The quantitative estimate of drug-likeness (QED) is 0.176. The van der Waals surface area contributed by atoms with Crippen LogP contribution in [0, 0.1) is 0 Å². The van der Waals surface area contributed by atoms with Gasteiger partial charge in [0.05, 0.1) is 13.7 Å². The Morgan fingerprint density at radius 2 is 1.71 bits per heavy atom. The number of ether oxygens (including phenoxy) is 3. The molecule has 0 amide bonds. The summed E-state index contributed by atoms with van der Waals surface area (Å²) in [6.07, 6.45) is -8.69. The van der Waals surface area contributed by atoms with Crippen LogP contribution in [0.5, 0.6) is 28.7 Å². The summed E-state index contributed by atoms with van der Waals surface area (Å²) < 4.78 is 57.1. The van der Waals surface area contributed by atoms with Crippen LogP contribution in [0.25, 0.3) is 22.3 Å². The highest BCUT2D eigenvalue weighted by molar-refractivity contribution is 7.81. The fraction of sp³-hybridized carbons (Fsp3) is 0.318. The van der Waals surface area contributed by atoms with Gasteiger partial charge in [0.15, 0.2) is 23.0 Å². The Morgan fingerprint density at radius 1 is 1.00 bits per heavy atom. The average molecular weight is 558 g/mol. The van der Waals surface area contributed by atoms with E-state index in [0.717, 1.165) is 12.1 Å². The maximum absolute atomic E-state index is 13.5. The summed E-state index contributed by atoms with van der Waals surface area (Å²) in [5.74, 6) is -2.94. The Kier molecular flexibility index (Phi) is 7.39. The van der Waals surface area contributed by atoms with Crippen LogP contribution in [0.2, 0.25) is 0 Å². The third kappa shape index (κ3) is 5.18. The van der Waals surface area contributed by atoms with Crippen molar-refractivity contribution >= 4 is 21.4 Å². The highest BCUT2D eigenvalue weighted by Crippen LogP contribution is 2.39. The molecule has 2 heterocycles. The molecule has 4 rings (SSSR count). The summed E-state index contributed by atoms with van der Waals surface area (Å²) in [5.41, 5.74) is -1.54. The van der Waals surface area contributed by atoms with Crippen LogP contribution in [0.4, 0.5) is 0 Å². The van der Waals surface area contributed by atoms with E-state index in [9.17, 15) is 43.9 Å². The van der Waals surface area contributed by atoms with Gasteiger partial charge in [0, 0.05) is 17.7 Å². The zero-order chi connectivity index (χ0) is 27.9. The van der Waals surface area contributed by atoms with Gasteiger partial charge in [-0.3, -0.25) is 9.35 Å². The summed E-state index contributed by atoms with van der Waals surface area (Å²) >= 11 is 0. The molecule has 1 fully saturated rings. The minimum atomic E-state index is -5.01. The predicted octanol–water partition coefficient (Wildman–Crippen LogP) is -0.760. The Labute approximate surface area is 213 Å². The first kappa shape index (κ1) is 27.4. The molecule has 1 saturated heterocycles. The molecule has 5 unspecified atom stereocenters. The van der Waals surface area contributed by atoms with Crippen LogP contribution < -0.4 is 19.1 Å². The van der Waals surface area contributed by atoms with Gasteiger partial charge >= 0.3 is 10.4 Å². The van der Waals surface area contributed by atoms with Crippen LogP contribution in [0.3, 0.4) is 0 Å². The largest absolute Gasteiger partial charge is 0.507 e. The molecule has 0 radical (unpaired) electrons. The molecule has 15 nitrogen and oxygen atoms in total. The van der Waals surface area contributed by atoms with E-state index in [-0.39, 0.29) is 11.3 Å². The summed E-state index contributed by atoms with van der Waals surface area (Å²) in [6, 6.07) is 5.32. The fourth-order valence-electron chi connectivity index (χ4n) is 3.84. The standard InChI is InChI=1S/C22H22O15S/c1-33-12-3-2-8(4-10(12)24)20-21(36-22-19(29)18(28)16(26)14(7-23)35-22)17(27)15-11(25)5-9(6-13(15)34-20)37-38(30,31)32/h2-6,14,16,18-19,22-26,28-29H,7H2,1H3,(H,30,31,32). The van der Waals surface area contributed by atoms with Crippen molar-refractivity contribution in [3.63, 3.8) is 0 Å². The Morgan fingerprint density at radius 3 is 2.32 bits per heavy atom. The van der Waals surface area contributed by atoms with Crippen molar-refractivity contribution in [1.82, 2.24) is 0 Å². The summed E-state index contributed by atoms with van der Waals surface area (Å²) in [5, 5.41) is 60.1. The number of aromatic hydroxyl groups is 2. The zero-order valence-electron chi connectivity index (χ0n) is 19.3. The van der Waals surface area contributed by atoms with Gasteiger partial charge in [-0.2, -0.15) is 8.42 Å². The van der Waals surface area contributed by atoms with Crippen LogP contribution in [0.1, 0.15) is 0 Å². The van der Waals surface area contributed by atoms with Crippen molar-refractivity contribution in [3.8, 4) is 40.1 Å². The van der Waals surface area contributed by atoms with Crippen molar-refractivity contribution in [2.45, 2.75) is 30.7 Å². The molecule has 2 aromatic carbocycles. The van der Waals surface area contributed by atoms with Crippen molar-refractivity contribution in [2.75, 3.05) is 13.7 Å². The zero-order valence-corrected chi connectivity index (χ0v) is 20.1. The second-order valence-electron chi connectivity index (χ2n) is 8.12. The lowest BCUT2D eigenvalue weighted by atomic mass is 9.99. The Hall–Kier alpha value is -3.64. The van der Waals surface area contributed by atoms with Crippen LogP contribution >= 0.6 is 0 Å². The monoisotopic (exact) mass is 558 g/mol. The maximum atomic E-state index is 13.5. The highest BCUT2D eigenvalue weighted by Gasteiger charge is 2.45. The van der Waals surface area contributed by atoms with Crippen LogP contribution in [0.15, 0.2) is 39.5 Å². The lowest BCUT2D eigenvalue weighted by molar-refractivity contribution is -0.277. The van der Waals surface area contributed by atoms with Gasteiger partial charge < -0.3 is 53.4 Å². The van der Waals surface area contributed by atoms with E-state index >= 15 is 0 Å². The number of aliphatic hydroxyl groups is 4. The lowest BCUT2D eigenvalue weighted by Gasteiger charge is -2.39. The fourth-order valence-corrected chi connectivity index (χ4v) is 4.18. The van der Waals surface area contributed by atoms with Gasteiger partial charge in [0.1, 0.15) is 41.1 Å². The molecule has 0 spiro atoms. The second-order valence-corrected chi connectivity index (χ2v) is 9.14. The third-order valence-corrected chi connectivity index (χ3v) is 6.03. The van der Waals surface area contributed by atoms with E-state index in [1.807, 2.05) is 0 Å². The van der Waals surface area contributed by atoms with Gasteiger partial charge in [-0.15, -0.1) is 0 Å². The first-order valence-electron chi connectivity index (χ1n) is 10.7. The highest BCUT2D eigenvalue weighted by atomic mass is 32.3. The first-order chi connectivity index (χ1) is 17.8. The van der Waals surface area contributed by atoms with Crippen LogP contribution in [-0.2, 0) is 15.1 Å². The number of phenols is 2. The minimum Gasteiger partial charge on any atom is -0.507 e. The number of phenolic OH excluding ortho intramolecular Hbond substituents is 2. The molecule has 0 aliphatic carbocycles. The predicted molar refractivity (Wildman–Crippen MR) is 124 cm³/mol. The summed E-state index contributed by atoms with van der Waals surface area (Å²) in [7, 11) is -3.72. The van der Waals surface area contributed by atoms with E-state index < -0.39 is 92.9 Å². The average Bonchev–Trinajstić information content (AvgIpc) is 2.84. The van der Waals surface area contributed by atoms with E-state index in [4.69, 9.17) is 23.2 Å². The molecular formula is C22H22O15S. The Bertz CT molecular complexity index is 1510. The Balaban J connectivity index is 1.93. The van der Waals surface area contributed by atoms with E-state index in [0.29, 0.717) is 6.07 Å². The molecule has 5 atom stereocenters. The van der Waals surface area contributed by atoms with Crippen LogP contribution in [-0.4, -0.2) is 88.0 Å². The first-order valence-corrected chi connectivity index (χ1v) is 12.1. The number of methoxy groups -OCH3 is 1. The number of hydrogen-bond donors (Lipinski definition) is 7. The molecule has 206 valence electrons. The van der Waals surface area contributed by atoms with E-state index in [2.05, 4.69) is 4.18 Å². The number of aliphatic hydroxyl groups excluding tert-OH is 4. The summed E-state index contributed by atoms with van der Waals surface area (Å²) in [6.45, 7) is -0.784. The molecule has 0 saturated carbocycles. The third-order valence-electron chi connectivity index (χ3n) is 5.63. The van der Waals surface area contributed by atoms with E-state index in [1.165, 1.54) is 19.2 Å². The molecule has 1 aliphatic rings. The smallest absolute Gasteiger partial charge is 0.446 e. The van der Waals surface area contributed by atoms with Gasteiger partial charge in [0.25, 0.3) is 0 Å². The lowest BCUT2D eigenvalue weighted by Crippen LogP contribution is -2.60. The van der Waals surface area contributed by atoms with Crippen molar-refractivity contribution in [1.29, 1.82) is 0 Å². The molecule has 38 heavy (non-hydrogen) atoms. The molecule has 7 N–H and O–H groups in total. The molecule has 16 heteroatoms. The van der Waals surface area contributed by atoms with E-state index in [1.54, 1.807) is 0 Å². The van der Waals surface area contributed by atoms with Gasteiger partial charge in [0.2, 0.25) is 17.5 Å². The molecular weight excluding hydrogens is 536 g/mol. The number of fused-ring (bicyclic) bond motifs is 1. The molecule has 0 bridgehead atoms. The molecule has 1 aromatic heterocycles. The van der Waals surface area contributed by atoms with Crippen molar-refractivity contribution in [3.05, 3.63) is 40.6 Å². The van der Waals surface area contributed by atoms with Gasteiger partial charge in [-0.25, -0.2) is 0 Å². The van der Waals surface area contributed by atoms with Gasteiger partial charge in [-0.05, 0) is 18.2 Å². The number of benzene rings is 2. The molecule has 1 aliphatic heterocycles. The normalized spacial score (nSPS) is 23.8. The second kappa shape index (κ2) is 10.3. The van der Waals surface area contributed by atoms with Gasteiger partial charge in [-0.1, -0.05) is 0 Å². The molecule has 3 aromatic rings.